The Kier molecular flexibility index (Phi) is 9.50. The molecule has 0 aliphatic heterocycles. The van der Waals surface area contributed by atoms with Crippen LogP contribution in [0.3, 0.4) is 0 Å². The van der Waals surface area contributed by atoms with Crippen molar-refractivity contribution in [3.63, 3.8) is 0 Å². The van der Waals surface area contributed by atoms with Crippen LogP contribution in [0, 0.1) is 31.9 Å². The number of nitriles is 2. The Hall–Kier alpha value is -3.26. The first-order valence-electron chi connectivity index (χ1n) is 12.3. The zero-order valence-electron chi connectivity index (χ0n) is 20.5. The molecule has 4 nitrogen and oxygen atoms in total. The third-order valence-electron chi connectivity index (χ3n) is 6.46. The topological polar surface area (TPSA) is 79.2 Å². The molecule has 2 aromatic carbocycles. The molecule has 2 N–H and O–H groups in total. The Morgan fingerprint density at radius 1 is 0.605 bits per heavy atom. The first-order chi connectivity index (χ1) is 18.5. The van der Waals surface area contributed by atoms with Crippen LogP contribution < -0.4 is 0 Å². The number of rotatable bonds is 9. The third kappa shape index (κ3) is 6.07. The van der Waals surface area contributed by atoms with Crippen LogP contribution in [-0.4, -0.2) is 9.97 Å². The molecule has 0 bridgehead atoms. The van der Waals surface area contributed by atoms with Gasteiger partial charge in [0.05, 0.1) is 21.4 Å². The minimum atomic E-state index is 0.314. The smallest absolute Gasteiger partial charge is 0.123 e. The van der Waals surface area contributed by atoms with Crippen LogP contribution in [0.2, 0.25) is 10.0 Å². The first-order valence-corrected chi connectivity index (χ1v) is 13.8. The summed E-state index contributed by atoms with van der Waals surface area (Å²) in [4.78, 5) is 6.45. The van der Waals surface area contributed by atoms with Crippen LogP contribution in [-0.2, 0) is 12.8 Å². The summed E-state index contributed by atoms with van der Waals surface area (Å²) in [6.45, 7) is 0. The molecule has 2 heterocycles. The van der Waals surface area contributed by atoms with Crippen LogP contribution in [0.1, 0.15) is 47.9 Å². The second-order valence-electron chi connectivity index (χ2n) is 8.86. The molecule has 0 atom stereocenters. The maximum Gasteiger partial charge on any atom is 0.123 e. The van der Waals surface area contributed by atoms with E-state index >= 15 is 0 Å². The zero-order valence-corrected chi connectivity index (χ0v) is 23.6. The van der Waals surface area contributed by atoms with Gasteiger partial charge in [-0.2, -0.15) is 10.5 Å². The second-order valence-corrected chi connectivity index (χ2v) is 10.4. The van der Waals surface area contributed by atoms with E-state index < -0.39 is 0 Å². The molecule has 0 spiro atoms. The number of hydrogen-bond donors (Lipinski definition) is 2. The molecule has 8 heteroatoms. The molecule has 190 valence electrons. The molecule has 0 saturated heterocycles. The number of nitrogens with zero attached hydrogens (tertiary/aromatic N) is 2. The van der Waals surface area contributed by atoms with E-state index in [1.165, 1.54) is 0 Å². The maximum atomic E-state index is 9.56. The van der Waals surface area contributed by atoms with E-state index in [1.807, 2.05) is 60.7 Å². The summed E-state index contributed by atoms with van der Waals surface area (Å²) in [6, 6.07) is 24.0. The standard InChI is InChI=1S/C30H24Cl2N4S2/c31-25-21(27(19-11-5-3-6-12-19)35-29(37)23(25)17-33)15-9-1-2-10-16-22-26(32)24(18-34)30(38)36-28(22)20-13-7-4-8-14-20/h3-8,11-14H,1-2,9-10,15-16H2,(H,35,37)(H,36,38). The van der Waals surface area contributed by atoms with Gasteiger partial charge in [-0.15, -0.1) is 0 Å². The first kappa shape index (κ1) is 27.8. The molecule has 38 heavy (non-hydrogen) atoms. The monoisotopic (exact) mass is 574 g/mol. The molecular weight excluding hydrogens is 551 g/mol. The van der Waals surface area contributed by atoms with Crippen LogP contribution in [0.5, 0.6) is 0 Å². The van der Waals surface area contributed by atoms with Crippen molar-refractivity contribution in [1.82, 2.24) is 9.97 Å². The van der Waals surface area contributed by atoms with Gasteiger partial charge >= 0.3 is 0 Å². The lowest BCUT2D eigenvalue weighted by Gasteiger charge is -2.15. The van der Waals surface area contributed by atoms with E-state index in [1.54, 1.807) is 0 Å². The highest BCUT2D eigenvalue weighted by Crippen LogP contribution is 2.33. The highest BCUT2D eigenvalue weighted by molar-refractivity contribution is 7.71. The van der Waals surface area contributed by atoms with Crippen molar-refractivity contribution >= 4 is 47.6 Å². The van der Waals surface area contributed by atoms with Crippen molar-refractivity contribution in [2.24, 2.45) is 0 Å². The van der Waals surface area contributed by atoms with Crippen molar-refractivity contribution in [2.45, 2.75) is 38.5 Å². The Morgan fingerprint density at radius 2 is 0.974 bits per heavy atom. The van der Waals surface area contributed by atoms with Gasteiger partial charge in [0.25, 0.3) is 0 Å². The predicted molar refractivity (Wildman–Crippen MR) is 159 cm³/mol. The van der Waals surface area contributed by atoms with Gasteiger partial charge in [0.1, 0.15) is 32.5 Å². The quantitative estimate of drug-likeness (QED) is 0.154. The lowest BCUT2D eigenvalue weighted by Crippen LogP contribution is -2.01. The van der Waals surface area contributed by atoms with E-state index in [-0.39, 0.29) is 0 Å². The van der Waals surface area contributed by atoms with Crippen molar-refractivity contribution in [1.29, 1.82) is 10.5 Å². The van der Waals surface area contributed by atoms with E-state index in [0.717, 1.165) is 72.2 Å². The normalized spacial score (nSPS) is 10.6. The van der Waals surface area contributed by atoms with Crippen molar-refractivity contribution in [3.05, 3.63) is 102 Å². The predicted octanol–water partition coefficient (Wildman–Crippen LogP) is 9.53. The van der Waals surface area contributed by atoms with Crippen LogP contribution in [0.4, 0.5) is 0 Å². The zero-order chi connectivity index (χ0) is 27.1. The Labute approximate surface area is 242 Å². The van der Waals surface area contributed by atoms with E-state index in [9.17, 15) is 10.5 Å². The number of nitrogens with one attached hydrogen (secondary N) is 2. The van der Waals surface area contributed by atoms with E-state index in [2.05, 4.69) is 22.1 Å². The number of halogens is 2. The van der Waals surface area contributed by atoms with Gasteiger partial charge in [-0.25, -0.2) is 0 Å². The van der Waals surface area contributed by atoms with Gasteiger partial charge in [-0.3, -0.25) is 0 Å². The van der Waals surface area contributed by atoms with Crippen molar-refractivity contribution < 1.29 is 0 Å². The van der Waals surface area contributed by atoms with Crippen LogP contribution in [0.15, 0.2) is 60.7 Å². The summed E-state index contributed by atoms with van der Waals surface area (Å²) in [5.74, 6) is 0. The molecule has 2 aromatic heterocycles. The number of benzene rings is 2. The summed E-state index contributed by atoms with van der Waals surface area (Å²) in [7, 11) is 0. The maximum absolute atomic E-state index is 9.56. The molecule has 0 fully saturated rings. The number of pyridine rings is 2. The molecule has 0 aliphatic rings. The second kappa shape index (κ2) is 13.0. The molecule has 4 rings (SSSR count). The van der Waals surface area contributed by atoms with Crippen LogP contribution >= 0.6 is 47.6 Å². The highest BCUT2D eigenvalue weighted by Gasteiger charge is 2.17. The van der Waals surface area contributed by atoms with Gasteiger partial charge < -0.3 is 9.97 Å². The average molecular weight is 576 g/mol. The molecule has 4 aromatic rings. The summed E-state index contributed by atoms with van der Waals surface area (Å²) < 4.78 is 0.703. The lowest BCUT2D eigenvalue weighted by molar-refractivity contribution is 0.640. The Bertz CT molecular complexity index is 1520. The number of hydrogen-bond acceptors (Lipinski definition) is 4. The van der Waals surface area contributed by atoms with Gasteiger partial charge in [0, 0.05) is 0 Å². The van der Waals surface area contributed by atoms with Crippen LogP contribution in [0.25, 0.3) is 22.5 Å². The molecule has 0 saturated carbocycles. The fourth-order valence-electron chi connectivity index (χ4n) is 4.55. The number of H-pyrrole nitrogens is 2. The van der Waals surface area contributed by atoms with E-state index in [0.29, 0.717) is 30.5 Å². The van der Waals surface area contributed by atoms with Gasteiger partial charge in [-0.05, 0) is 47.9 Å². The van der Waals surface area contributed by atoms with Crippen molar-refractivity contribution in [2.75, 3.05) is 0 Å². The number of aromatic nitrogens is 2. The third-order valence-corrected chi connectivity index (χ3v) is 7.90. The molecular formula is C30H24Cl2N4S2. The number of aromatic amines is 2. The molecule has 0 aliphatic carbocycles. The lowest BCUT2D eigenvalue weighted by atomic mass is 9.97. The van der Waals surface area contributed by atoms with Gasteiger partial charge in [0.15, 0.2) is 0 Å². The minimum absolute atomic E-state index is 0.314. The SMILES string of the molecule is N#Cc1c(Cl)c(CCCCCCc2c(-c3ccccc3)[nH]c(=S)c(C#N)c2Cl)c(-c2ccccc2)[nH]c1=S. The van der Waals surface area contributed by atoms with Crippen molar-refractivity contribution in [3.8, 4) is 34.7 Å². The summed E-state index contributed by atoms with van der Waals surface area (Å²) in [5, 5.41) is 20.0. The minimum Gasteiger partial charge on any atom is -0.345 e. The molecule has 0 amide bonds. The molecule has 0 radical (unpaired) electrons. The average Bonchev–Trinajstić information content (AvgIpc) is 2.93. The summed E-state index contributed by atoms with van der Waals surface area (Å²) in [6.07, 6.45) is 5.17. The van der Waals surface area contributed by atoms with Gasteiger partial charge in [0.2, 0.25) is 0 Å². The Morgan fingerprint density at radius 3 is 1.32 bits per heavy atom. The van der Waals surface area contributed by atoms with E-state index in [4.69, 9.17) is 47.6 Å². The highest BCUT2D eigenvalue weighted by atomic mass is 35.5. The largest absolute Gasteiger partial charge is 0.345 e. The van der Waals surface area contributed by atoms with Gasteiger partial charge in [-0.1, -0.05) is 121 Å². The summed E-state index contributed by atoms with van der Waals surface area (Å²) >= 11 is 24.1. The fourth-order valence-corrected chi connectivity index (χ4v) is 5.82. The molecule has 0 unspecified atom stereocenters. The fraction of sp³-hybridized carbons (Fsp3) is 0.200. The number of unbranched alkanes of at least 4 members (excludes halogenated alkanes) is 3. The summed E-state index contributed by atoms with van der Waals surface area (Å²) in [5.41, 5.74) is 6.14. The Balaban J connectivity index is 1.47.